The second kappa shape index (κ2) is 67.7. The average molecular weight is 2460 g/mol. The third kappa shape index (κ3) is 47.9. The summed E-state index contributed by atoms with van der Waals surface area (Å²) in [5.41, 5.74) is 17.6. The van der Waals surface area contributed by atoms with E-state index in [1.54, 1.807) is 43.5 Å². The minimum absolute atomic E-state index is 0. The highest BCUT2D eigenvalue weighted by Crippen LogP contribution is 2.68. The van der Waals surface area contributed by atoms with E-state index in [9.17, 15) is 32.9 Å². The molecule has 6 aromatic heterocycles. The Labute approximate surface area is 885 Å². The minimum Gasteiger partial charge on any atom is -1.00 e. The van der Waals surface area contributed by atoms with Gasteiger partial charge in [0.1, 0.15) is 21.9 Å². The number of hydrogen-bond donors (Lipinski definition) is 2. The molecular weight excluding hydrogens is 2330 g/mol. The molecule has 0 saturated carbocycles. The number of halogens is 11. The van der Waals surface area contributed by atoms with E-state index in [0.717, 1.165) is 80.8 Å². The van der Waals surface area contributed by atoms with Crippen LogP contribution in [0, 0.1) is 0 Å². The molecular formula is C105H127B2Br9F2N7O10P. The van der Waals surface area contributed by atoms with Crippen molar-refractivity contribution >= 4 is 184 Å². The second-order valence-electron chi connectivity index (χ2n) is 29.8. The maximum absolute atomic E-state index is 11.8. The number of rotatable bonds is 14. The number of carbonyl (C=O) groups excluding carboxylic acids is 4. The summed E-state index contributed by atoms with van der Waals surface area (Å²) in [6.07, 6.45) is 12.9. The number of alkyl halides is 3. The van der Waals surface area contributed by atoms with E-state index in [1.807, 2.05) is 338 Å². The van der Waals surface area contributed by atoms with Crippen molar-refractivity contribution in [1.29, 1.82) is 0 Å². The Kier molecular flexibility index (Phi) is 64.5. The van der Waals surface area contributed by atoms with Gasteiger partial charge in [-0.1, -0.05) is 339 Å². The molecule has 730 valence electrons. The van der Waals surface area contributed by atoms with Crippen molar-refractivity contribution in [3.8, 4) is 56.0 Å². The van der Waals surface area contributed by atoms with E-state index >= 15 is 0 Å². The number of pyridine rings is 5. The first-order valence-electron chi connectivity index (χ1n) is 40.5. The molecule has 2 aliphatic heterocycles. The highest BCUT2D eigenvalue weighted by Gasteiger charge is 2.63. The number of allylic oxidation sites excluding steroid dienone is 1. The van der Waals surface area contributed by atoms with E-state index in [4.69, 9.17) is 25.7 Å². The highest BCUT2D eigenvalue weighted by atomic mass is 80.0. The normalized spacial score (nSPS) is 12.4. The molecule has 8 aromatic carbocycles. The fraction of sp³-hybridized carbons (Fsp3) is 0.229. The zero-order chi connectivity index (χ0) is 94.6. The Bertz CT molecular complexity index is 5660. The number of anilines is 1. The predicted molar refractivity (Wildman–Crippen MR) is 597 cm³/mol. The Balaban J connectivity index is -0.000000731. The van der Waals surface area contributed by atoms with Crippen LogP contribution in [0.15, 0.2) is 365 Å². The second-order valence-corrected chi connectivity index (χ2v) is 51.9. The zero-order valence-electron chi connectivity index (χ0n) is 74.0. The van der Waals surface area contributed by atoms with E-state index in [0.29, 0.717) is 23.0 Å². The highest BCUT2D eigenvalue weighted by molar-refractivity contribution is 9.94. The van der Waals surface area contributed by atoms with Crippen LogP contribution in [0.3, 0.4) is 0 Å². The van der Waals surface area contributed by atoms with Crippen LogP contribution in [-0.4, -0.2) is 102 Å². The van der Waals surface area contributed by atoms with Crippen LogP contribution in [0.25, 0.3) is 67.7 Å². The summed E-state index contributed by atoms with van der Waals surface area (Å²) in [5, 5.41) is 0.863. The summed E-state index contributed by atoms with van der Waals surface area (Å²) in [5.74, 6) is 1.06. The molecule has 16 rings (SSSR count). The first-order chi connectivity index (χ1) is 61.3. The number of nitrogen functional groups attached to an aromatic ring is 1. The van der Waals surface area contributed by atoms with Gasteiger partial charge in [0, 0.05) is 129 Å². The summed E-state index contributed by atoms with van der Waals surface area (Å²) < 4.78 is 53.9. The lowest BCUT2D eigenvalue weighted by atomic mass is 9.49. The average Bonchev–Trinajstić information content (AvgIpc) is 1.59. The summed E-state index contributed by atoms with van der Waals surface area (Å²) in [6, 6.07) is 99.8. The van der Waals surface area contributed by atoms with Gasteiger partial charge >= 0.3 is 14.0 Å². The number of Topliss-reactive ketones (excluding diaryl/α,β-unsaturated/α-hetero) is 3. The number of nitrogens with one attached hydrogen (secondary N) is 1. The van der Waals surface area contributed by atoms with E-state index < -0.39 is 24.4 Å². The lowest BCUT2D eigenvalue weighted by Gasteiger charge is -2.32. The van der Waals surface area contributed by atoms with Crippen LogP contribution in [0.1, 0.15) is 143 Å². The molecule has 0 spiro atoms. The number of aromatic amines is 1. The first-order valence-corrected chi connectivity index (χ1v) is 52.1. The van der Waals surface area contributed by atoms with Gasteiger partial charge in [-0.3, -0.25) is 37.6 Å². The topological polar surface area (TPSA) is 228 Å². The Hall–Kier alpha value is -8.55. The van der Waals surface area contributed by atoms with Crippen LogP contribution >= 0.6 is 129 Å². The Morgan fingerprint density at radius 1 is 0.500 bits per heavy atom. The van der Waals surface area contributed by atoms with E-state index in [-0.39, 0.29) is 119 Å². The molecule has 0 unspecified atom stereocenters. The lowest BCUT2D eigenvalue weighted by Crippen LogP contribution is -3.00. The van der Waals surface area contributed by atoms with Crippen molar-refractivity contribution in [1.82, 2.24) is 24.3 Å². The van der Waals surface area contributed by atoms with Crippen LogP contribution in [0.4, 0.5) is 14.9 Å². The van der Waals surface area contributed by atoms with E-state index in [2.05, 4.69) is 189 Å². The smallest absolute Gasteiger partial charge is 0.488 e. The maximum atomic E-state index is 11.8. The number of nitrogens with zero attached hydrogens (tertiary/aromatic N) is 5. The molecule has 8 heterocycles. The first kappa shape index (κ1) is 129. The van der Waals surface area contributed by atoms with E-state index in [1.165, 1.54) is 18.1 Å². The quantitative estimate of drug-likeness (QED) is 0.0196. The molecule has 17 nitrogen and oxygen atoms in total. The summed E-state index contributed by atoms with van der Waals surface area (Å²) in [7, 11) is -1.95. The molecule has 14 aromatic rings. The minimum atomic E-state index is -2.20. The zero-order valence-corrected chi connectivity index (χ0v) is 88.2. The molecule has 136 heavy (non-hydrogen) atoms. The number of benzene rings is 8. The van der Waals surface area contributed by atoms with Crippen molar-refractivity contribution in [2.75, 3.05) is 23.5 Å². The van der Waals surface area contributed by atoms with Gasteiger partial charge in [-0.2, -0.15) is 4.57 Å². The van der Waals surface area contributed by atoms with Crippen molar-refractivity contribution in [3.63, 3.8) is 0 Å². The van der Waals surface area contributed by atoms with Gasteiger partial charge in [-0.25, -0.2) is 15.0 Å². The van der Waals surface area contributed by atoms with Gasteiger partial charge in [0.05, 0.1) is 53.0 Å². The summed E-state index contributed by atoms with van der Waals surface area (Å²) >= 11 is 24.6. The molecule has 3 N–H and O–H groups in total. The fourth-order valence-corrected chi connectivity index (χ4v) is 12.5. The van der Waals surface area contributed by atoms with Gasteiger partial charge in [0.2, 0.25) is 12.1 Å². The number of H-pyrrole nitrogens is 1. The molecule has 31 heteroatoms. The summed E-state index contributed by atoms with van der Waals surface area (Å²) in [6.45, 7) is 19.8. The number of fused-ring (bicyclic) bond motifs is 1. The lowest BCUT2D eigenvalue weighted by molar-refractivity contribution is -0.684. The molecule has 0 amide bonds. The van der Waals surface area contributed by atoms with Crippen molar-refractivity contribution in [2.24, 2.45) is 0 Å². The monoisotopic (exact) mass is 2450 g/mol. The van der Waals surface area contributed by atoms with Gasteiger partial charge in [0.15, 0.2) is 29.7 Å². The molecule has 2 fully saturated rings. The molecule has 0 radical (unpaired) electrons. The number of ketones is 4. The van der Waals surface area contributed by atoms with Crippen LogP contribution in [-0.2, 0) is 39.3 Å². The standard InChI is InChI=1S/C17H12BrN.C17H13NO.C15H12O.C13H9BrN2.C12H24B2O4.C8H6Br2O.C8H10NO.C5H6N2.C3H5BrO.CH3F.6CH4.Br3OP.BrH.FH.H2/c18-17-12-15(13-7-3-1-4-8-13)11-16(19-17)14-9-5-2-6-10-14;19-17-12-15(13-7-3-1-4-8-13)11-16(18-17)14-9-5-2-6-10-14;16-15(14-9-5-2-6-10-14)12-11-13-7-3-1-4-8-13;14-11-6-4-10(5-7-11)12-9-16-8-2-1-3-13(16)15-12;1-9(2)10(3,4)16-13(15-9)14-17-11(5,6)12(7,8)18-14;9-5-8(11)6-1-3-7(10)4-2-6;1-8(10)7-9-5-3-2-4-6-9;6-5-3-1-2-4-7-5;1-3(5)2-4;1-2;;;;;;;1-5(2,3)4;;;/h1-12H;1-12H,(H,18,19);1-12H;1-9H;1-8H3;1-4H,5H2;2-6H,7H2,1H3;1-4H,(H2,6,7);2H2,1H3;1H3;6*1H4;;3*1H/q;;;;;;+1;;;;;;;;;;;;;/p-1/b;;12-11+;;;;;;;;;;;;;;;;;/i;;;;;;;;;1D;;;;;;;;;;. The molecule has 2 aliphatic rings. The van der Waals surface area contributed by atoms with Crippen molar-refractivity contribution < 1.29 is 75.8 Å². The Morgan fingerprint density at radius 2 is 0.890 bits per heavy atom. The largest absolute Gasteiger partial charge is 1.00 e. The summed E-state index contributed by atoms with van der Waals surface area (Å²) in [4.78, 5) is 70.7. The van der Waals surface area contributed by atoms with Crippen LogP contribution in [0.5, 0.6) is 0 Å². The van der Waals surface area contributed by atoms with Gasteiger partial charge in [0.25, 0.3) is 3.25 Å². The third-order valence-electron chi connectivity index (χ3n) is 18.9. The number of nitrogens with two attached hydrogens (primary N) is 1. The van der Waals surface area contributed by atoms with Crippen LogP contribution < -0.4 is 32.8 Å². The third-order valence-corrected chi connectivity index (χ3v) is 21.7. The molecule has 0 bridgehead atoms. The number of imidazole rings is 1. The van der Waals surface area contributed by atoms with Crippen molar-refractivity contribution in [2.45, 2.75) is 143 Å². The fourth-order valence-electron chi connectivity index (χ4n) is 11.2. The number of hydrogen-bond acceptors (Lipinski definition) is 14. The predicted octanol–water partition coefficient (Wildman–Crippen LogP) is 28.8. The van der Waals surface area contributed by atoms with Gasteiger partial charge < -0.3 is 50.7 Å². The number of carbonyl (C=O) groups is 4. The van der Waals surface area contributed by atoms with Crippen molar-refractivity contribution in [3.05, 3.63) is 387 Å². The molecule has 2 saturated heterocycles. The van der Waals surface area contributed by atoms with Crippen LogP contribution in [0.2, 0.25) is 0 Å². The Morgan fingerprint density at radius 3 is 1.29 bits per heavy atom. The SMILES string of the molecule is Brc1cc(-c2ccccc2)cc(-c2ccccc2)n1.Brc1ccc(-c2cn3ccccc3n2)cc1.C.C.C.C.C.C.CC(=O)CBr.CC(=O)C[n+]1ccccc1.CC1(C)OB(B2OC(C)(C)C(C)(C)O2)OC1(C)C.F.Nc1ccccn1.O=C(/C=C/c1ccccc1)c1ccccc1.O=C(CBr)c1ccc(Br)cc1.O=P(Br)(Br)Br.O=c1cc(-c2ccccc2)cc(-c2ccccc2)[nH]1.[2H]CF.[Br-].[HH]. The molecule has 0 aliphatic carbocycles. The maximum Gasteiger partial charge on any atom is 0.488 e. The number of aromatic nitrogens is 6. The van der Waals surface area contributed by atoms with Gasteiger partial charge in [-0.15, -0.1) is 0 Å². The van der Waals surface area contributed by atoms with Gasteiger partial charge in [-0.05, 0) is 184 Å². The molecule has 0 atom stereocenters.